The number of aromatic amines is 1. The van der Waals surface area contributed by atoms with Crippen LogP contribution >= 0.6 is 11.6 Å². The molecule has 194 valence electrons. The third kappa shape index (κ3) is 6.03. The number of hydrogen-bond donors (Lipinski definition) is 1. The lowest BCUT2D eigenvalue weighted by molar-refractivity contribution is -0.274. The van der Waals surface area contributed by atoms with Gasteiger partial charge in [-0.3, -0.25) is 0 Å². The minimum atomic E-state index is -4.79. The molecule has 0 saturated carbocycles. The van der Waals surface area contributed by atoms with E-state index in [1.54, 1.807) is 42.6 Å². The predicted molar refractivity (Wildman–Crippen MR) is 131 cm³/mol. The average molecular weight is 544 g/mol. The Kier molecular flexibility index (Phi) is 6.88. The van der Waals surface area contributed by atoms with Crippen LogP contribution in [-0.4, -0.2) is 37.5 Å². The normalized spacial score (nSPS) is 11.5. The van der Waals surface area contributed by atoms with Crippen LogP contribution in [0.2, 0.25) is 5.02 Å². The maximum atomic E-state index is 12.5. The van der Waals surface area contributed by atoms with E-state index >= 15 is 0 Å². The molecule has 0 fully saturated rings. The molecule has 9 nitrogen and oxygen atoms in total. The molecule has 0 amide bonds. The number of pyridine rings is 1. The second-order valence-corrected chi connectivity index (χ2v) is 8.32. The highest BCUT2D eigenvalue weighted by Gasteiger charge is 2.31. The van der Waals surface area contributed by atoms with Crippen LogP contribution in [0.5, 0.6) is 23.4 Å². The molecule has 0 bridgehead atoms. The van der Waals surface area contributed by atoms with Crippen molar-refractivity contribution < 1.29 is 27.4 Å². The summed E-state index contributed by atoms with van der Waals surface area (Å²) in [6, 6.07) is 15.6. The maximum absolute atomic E-state index is 12.5. The first kappa shape index (κ1) is 25.1. The molecular weight excluding hydrogens is 527 g/mol. The van der Waals surface area contributed by atoms with E-state index in [0.717, 1.165) is 0 Å². The summed E-state index contributed by atoms with van der Waals surface area (Å²) in [4.78, 5) is 20.6. The summed E-state index contributed by atoms with van der Waals surface area (Å²) in [5, 5.41) is 7.04. The number of ether oxygens (including phenoxy) is 3. The number of hydrogen-bond acceptors (Lipinski definition) is 7. The first-order valence-corrected chi connectivity index (χ1v) is 11.5. The van der Waals surface area contributed by atoms with Crippen molar-refractivity contribution in [1.29, 1.82) is 0 Å². The maximum Gasteiger partial charge on any atom is 0.573 e. The lowest BCUT2D eigenvalue weighted by Gasteiger charge is -2.11. The second-order valence-electron chi connectivity index (χ2n) is 7.88. The first-order chi connectivity index (χ1) is 18.2. The van der Waals surface area contributed by atoms with E-state index in [1.807, 2.05) is 0 Å². The topological polar surface area (TPSA) is 104 Å². The van der Waals surface area contributed by atoms with Crippen molar-refractivity contribution in [3.63, 3.8) is 0 Å². The van der Waals surface area contributed by atoms with Crippen molar-refractivity contribution in [3.05, 3.63) is 94.1 Å². The number of rotatable bonds is 8. The van der Waals surface area contributed by atoms with Gasteiger partial charge in [-0.2, -0.15) is 10.1 Å². The zero-order valence-electron chi connectivity index (χ0n) is 19.3. The minimum Gasteiger partial charge on any atom is -0.463 e. The molecule has 0 aliphatic carbocycles. The lowest BCUT2D eigenvalue weighted by Crippen LogP contribution is -2.16. The minimum absolute atomic E-state index is 0.0864. The Morgan fingerprint density at radius 2 is 1.71 bits per heavy atom. The van der Waals surface area contributed by atoms with Crippen LogP contribution in [-0.2, 0) is 6.42 Å². The Balaban J connectivity index is 1.31. The standard InChI is InChI=1S/C25H17ClF3N5O4/c26-18-3-7-19(8-4-18)37-21-9-11-30-23(31-21)36-12-10-16-13-17(14-34-22(16)32-33-24(34)35)15-1-5-20(6-2-15)38-25(27,28)29/h1-9,11,13-14H,10,12H2,(H,33,35). The Bertz CT molecular complexity index is 1620. The van der Waals surface area contributed by atoms with E-state index in [1.165, 1.54) is 34.9 Å². The Labute approximate surface area is 217 Å². The van der Waals surface area contributed by atoms with E-state index in [2.05, 4.69) is 24.9 Å². The number of nitrogens with one attached hydrogen (secondary N) is 1. The molecule has 3 aromatic heterocycles. The van der Waals surface area contributed by atoms with Gasteiger partial charge in [0.2, 0.25) is 5.88 Å². The van der Waals surface area contributed by atoms with Crippen molar-refractivity contribution in [1.82, 2.24) is 24.6 Å². The molecule has 2 aromatic carbocycles. The van der Waals surface area contributed by atoms with Crippen molar-refractivity contribution in [2.75, 3.05) is 6.61 Å². The van der Waals surface area contributed by atoms with Crippen LogP contribution in [0.3, 0.4) is 0 Å². The number of nitrogens with zero attached hydrogens (tertiary/aromatic N) is 4. The third-order valence-corrected chi connectivity index (χ3v) is 5.51. The van der Waals surface area contributed by atoms with Gasteiger partial charge < -0.3 is 14.2 Å². The fraction of sp³-hybridized carbons (Fsp3) is 0.120. The van der Waals surface area contributed by atoms with Gasteiger partial charge in [0.15, 0.2) is 5.65 Å². The fourth-order valence-corrected chi connectivity index (χ4v) is 3.72. The van der Waals surface area contributed by atoms with Gasteiger partial charge in [0, 0.05) is 35.5 Å². The van der Waals surface area contributed by atoms with Gasteiger partial charge in [0.05, 0.1) is 6.61 Å². The fourth-order valence-electron chi connectivity index (χ4n) is 3.60. The van der Waals surface area contributed by atoms with E-state index < -0.39 is 12.1 Å². The van der Waals surface area contributed by atoms with Crippen LogP contribution in [0.4, 0.5) is 13.2 Å². The van der Waals surface area contributed by atoms with Crippen molar-refractivity contribution in [3.8, 4) is 34.5 Å². The summed E-state index contributed by atoms with van der Waals surface area (Å²) in [6.45, 7) is 0.142. The zero-order valence-corrected chi connectivity index (χ0v) is 20.0. The van der Waals surface area contributed by atoms with E-state index in [9.17, 15) is 18.0 Å². The van der Waals surface area contributed by atoms with E-state index in [0.29, 0.717) is 39.5 Å². The Hall–Kier alpha value is -4.58. The van der Waals surface area contributed by atoms with Crippen LogP contribution < -0.4 is 19.9 Å². The second kappa shape index (κ2) is 10.4. The monoisotopic (exact) mass is 543 g/mol. The molecule has 0 spiro atoms. The van der Waals surface area contributed by atoms with Crippen molar-refractivity contribution >= 4 is 17.2 Å². The van der Waals surface area contributed by atoms with Crippen molar-refractivity contribution in [2.24, 2.45) is 0 Å². The smallest absolute Gasteiger partial charge is 0.463 e. The van der Waals surface area contributed by atoms with E-state index in [4.69, 9.17) is 21.1 Å². The van der Waals surface area contributed by atoms with Crippen LogP contribution in [0, 0.1) is 0 Å². The first-order valence-electron chi connectivity index (χ1n) is 11.1. The number of aromatic nitrogens is 5. The summed E-state index contributed by atoms with van der Waals surface area (Å²) in [5.41, 5.74) is 1.75. The highest BCUT2D eigenvalue weighted by molar-refractivity contribution is 6.30. The number of alkyl halides is 3. The molecular formula is C25H17ClF3N5O4. The molecule has 0 atom stereocenters. The molecule has 0 aliphatic heterocycles. The van der Waals surface area contributed by atoms with Crippen LogP contribution in [0.1, 0.15) is 5.56 Å². The van der Waals surface area contributed by atoms with Gasteiger partial charge in [0.25, 0.3) is 0 Å². The van der Waals surface area contributed by atoms with Gasteiger partial charge in [-0.05, 0) is 53.6 Å². The number of H-pyrrole nitrogens is 1. The van der Waals surface area contributed by atoms with Gasteiger partial charge in [-0.1, -0.05) is 23.7 Å². The van der Waals surface area contributed by atoms with Gasteiger partial charge in [-0.25, -0.2) is 19.3 Å². The Morgan fingerprint density at radius 3 is 2.45 bits per heavy atom. The lowest BCUT2D eigenvalue weighted by atomic mass is 10.0. The van der Waals surface area contributed by atoms with Gasteiger partial charge in [-0.15, -0.1) is 13.2 Å². The molecule has 0 aliphatic rings. The molecule has 5 rings (SSSR count). The number of fused-ring (bicyclic) bond motifs is 1. The Morgan fingerprint density at radius 1 is 0.974 bits per heavy atom. The van der Waals surface area contributed by atoms with Gasteiger partial charge in [0.1, 0.15) is 11.5 Å². The summed E-state index contributed by atoms with van der Waals surface area (Å²) < 4.78 is 54.0. The number of benzene rings is 2. The molecule has 0 unspecified atom stereocenters. The SMILES string of the molecule is O=c1[nH]nc2c(CCOc3nccc(Oc4ccc(Cl)cc4)n3)cc(-c3ccc(OC(F)(F)F)cc3)cn12. The largest absolute Gasteiger partial charge is 0.573 e. The summed E-state index contributed by atoms with van der Waals surface area (Å²) >= 11 is 5.89. The van der Waals surface area contributed by atoms with Gasteiger partial charge >= 0.3 is 18.1 Å². The zero-order chi connectivity index (χ0) is 26.7. The summed E-state index contributed by atoms with van der Waals surface area (Å²) in [7, 11) is 0. The molecule has 3 heterocycles. The van der Waals surface area contributed by atoms with Crippen LogP contribution in [0.15, 0.2) is 77.9 Å². The summed E-state index contributed by atoms with van der Waals surface area (Å²) in [5.74, 6) is 0.470. The molecule has 38 heavy (non-hydrogen) atoms. The molecule has 13 heteroatoms. The summed E-state index contributed by atoms with van der Waals surface area (Å²) in [6.07, 6.45) is -1.43. The quantitative estimate of drug-likeness (QED) is 0.278. The number of halogens is 4. The molecule has 0 radical (unpaired) electrons. The van der Waals surface area contributed by atoms with Crippen LogP contribution in [0.25, 0.3) is 16.8 Å². The predicted octanol–water partition coefficient (Wildman–Crippen LogP) is 5.45. The molecule has 5 aromatic rings. The highest BCUT2D eigenvalue weighted by Crippen LogP contribution is 2.28. The third-order valence-electron chi connectivity index (χ3n) is 5.26. The molecule has 1 N–H and O–H groups in total. The average Bonchev–Trinajstić information content (AvgIpc) is 3.26. The van der Waals surface area contributed by atoms with E-state index in [-0.39, 0.29) is 24.2 Å². The van der Waals surface area contributed by atoms with Crippen molar-refractivity contribution in [2.45, 2.75) is 12.8 Å². The highest BCUT2D eigenvalue weighted by atomic mass is 35.5. The molecule has 0 saturated heterocycles.